The van der Waals surface area contributed by atoms with E-state index < -0.39 is 36.3 Å². The van der Waals surface area contributed by atoms with Gasteiger partial charge in [-0.05, 0) is 77.5 Å². The third-order valence-electron chi connectivity index (χ3n) is 6.79. The molecule has 8 nitrogen and oxygen atoms in total. The van der Waals surface area contributed by atoms with E-state index in [1.54, 1.807) is 20.8 Å². The first-order valence-electron chi connectivity index (χ1n) is 13.2. The number of benzene rings is 1. The van der Waals surface area contributed by atoms with Gasteiger partial charge in [-0.2, -0.15) is 0 Å². The maximum atomic E-state index is 13.9. The number of hydrogen-bond donors (Lipinski definition) is 3. The van der Waals surface area contributed by atoms with Crippen LogP contribution in [0.15, 0.2) is 18.2 Å². The summed E-state index contributed by atoms with van der Waals surface area (Å²) < 4.78 is 5.31. The number of ether oxygens (including phenoxy) is 1. The van der Waals surface area contributed by atoms with Gasteiger partial charge < -0.3 is 25.4 Å². The molecule has 1 fully saturated rings. The first-order valence-corrected chi connectivity index (χ1v) is 13.2. The first kappa shape index (κ1) is 29.6. The van der Waals surface area contributed by atoms with Crippen LogP contribution >= 0.6 is 0 Å². The summed E-state index contributed by atoms with van der Waals surface area (Å²) in [4.78, 5) is 41.8. The Balaban J connectivity index is 2.50. The first-order chi connectivity index (χ1) is 16.9. The van der Waals surface area contributed by atoms with Crippen LogP contribution in [0.2, 0.25) is 0 Å². The number of nitrogens with one attached hydrogen (secondary N) is 2. The number of hydrogen-bond acceptors (Lipinski definition) is 5. The summed E-state index contributed by atoms with van der Waals surface area (Å²) in [6, 6.07) is 3.40. The van der Waals surface area contributed by atoms with E-state index in [0.717, 1.165) is 42.4 Å². The predicted molar refractivity (Wildman–Crippen MR) is 141 cm³/mol. The molecular formula is C28H45N3O5. The summed E-state index contributed by atoms with van der Waals surface area (Å²) >= 11 is 0. The Morgan fingerprint density at radius 3 is 2.19 bits per heavy atom. The number of carbonyl (C=O) groups is 3. The van der Waals surface area contributed by atoms with Gasteiger partial charge >= 0.3 is 6.09 Å². The van der Waals surface area contributed by atoms with Crippen molar-refractivity contribution in [2.45, 2.75) is 117 Å². The Hall–Kier alpha value is -2.61. The lowest BCUT2D eigenvalue weighted by molar-refractivity contribution is -0.146. The monoisotopic (exact) mass is 503 g/mol. The smallest absolute Gasteiger partial charge is 0.408 e. The van der Waals surface area contributed by atoms with Gasteiger partial charge in [-0.15, -0.1) is 0 Å². The zero-order valence-corrected chi connectivity index (χ0v) is 23.0. The highest BCUT2D eigenvalue weighted by molar-refractivity contribution is 5.93. The lowest BCUT2D eigenvalue weighted by atomic mass is 9.91. The number of rotatable bonds is 9. The molecule has 0 heterocycles. The molecule has 1 aromatic rings. The van der Waals surface area contributed by atoms with Gasteiger partial charge in [-0.25, -0.2) is 4.79 Å². The number of alkyl carbamates (subject to hydrolysis) is 1. The van der Waals surface area contributed by atoms with E-state index in [4.69, 9.17) is 4.74 Å². The maximum absolute atomic E-state index is 13.9. The van der Waals surface area contributed by atoms with E-state index in [0.29, 0.717) is 6.42 Å². The lowest BCUT2D eigenvalue weighted by Gasteiger charge is -2.39. The average Bonchev–Trinajstić information content (AvgIpc) is 2.80. The van der Waals surface area contributed by atoms with E-state index in [-0.39, 0.29) is 18.0 Å². The van der Waals surface area contributed by atoms with E-state index in [1.807, 2.05) is 45.9 Å². The summed E-state index contributed by atoms with van der Waals surface area (Å²) in [6.45, 7) is 12.3. The molecule has 1 aliphatic carbocycles. The highest BCUT2D eigenvalue weighted by Crippen LogP contribution is 2.31. The van der Waals surface area contributed by atoms with Crippen molar-refractivity contribution in [3.05, 3.63) is 34.9 Å². The molecule has 0 radical (unpaired) electrons. The van der Waals surface area contributed by atoms with Gasteiger partial charge in [-0.3, -0.25) is 9.59 Å². The second-order valence-electron chi connectivity index (χ2n) is 10.9. The normalized spacial score (nSPS) is 17.0. The van der Waals surface area contributed by atoms with Gasteiger partial charge in [0.2, 0.25) is 11.8 Å². The van der Waals surface area contributed by atoms with Gasteiger partial charge in [0, 0.05) is 12.1 Å². The van der Waals surface area contributed by atoms with Crippen LogP contribution < -0.4 is 10.6 Å². The van der Waals surface area contributed by atoms with Crippen molar-refractivity contribution in [1.29, 1.82) is 0 Å². The molecule has 36 heavy (non-hydrogen) atoms. The lowest BCUT2D eigenvalue weighted by Crippen LogP contribution is -2.57. The molecule has 3 atom stereocenters. The number of aliphatic hydroxyl groups excluding tert-OH is 1. The number of aliphatic hydroxyl groups is 1. The minimum atomic E-state index is -1.25. The van der Waals surface area contributed by atoms with Gasteiger partial charge in [0.1, 0.15) is 17.7 Å². The fraction of sp³-hybridized carbons (Fsp3) is 0.679. The van der Waals surface area contributed by atoms with Crippen LogP contribution in [0.3, 0.4) is 0 Å². The van der Waals surface area contributed by atoms with Crippen molar-refractivity contribution >= 4 is 17.9 Å². The highest BCUT2D eigenvalue weighted by atomic mass is 16.6. The second-order valence-corrected chi connectivity index (χ2v) is 10.9. The van der Waals surface area contributed by atoms with Crippen molar-refractivity contribution in [2.24, 2.45) is 0 Å². The Morgan fingerprint density at radius 2 is 1.69 bits per heavy atom. The molecule has 202 valence electrons. The fourth-order valence-corrected chi connectivity index (χ4v) is 4.79. The van der Waals surface area contributed by atoms with Crippen molar-refractivity contribution in [3.8, 4) is 0 Å². The molecule has 3 unspecified atom stereocenters. The van der Waals surface area contributed by atoms with E-state index in [2.05, 4.69) is 10.6 Å². The summed E-state index contributed by atoms with van der Waals surface area (Å²) in [7, 11) is 0. The van der Waals surface area contributed by atoms with Crippen LogP contribution in [0.4, 0.5) is 4.79 Å². The molecule has 1 aliphatic rings. The topological polar surface area (TPSA) is 108 Å². The average molecular weight is 504 g/mol. The van der Waals surface area contributed by atoms with Crippen LogP contribution in [0, 0.1) is 13.8 Å². The van der Waals surface area contributed by atoms with Crippen molar-refractivity contribution in [2.75, 3.05) is 6.61 Å². The van der Waals surface area contributed by atoms with Crippen LogP contribution in [-0.4, -0.2) is 58.2 Å². The minimum Gasteiger partial charge on any atom is -0.444 e. The number of nitrogens with zero attached hydrogens (tertiary/aromatic N) is 1. The Bertz CT molecular complexity index is 885. The Morgan fingerprint density at radius 1 is 1.11 bits per heavy atom. The quantitative estimate of drug-likeness (QED) is 0.466. The molecule has 0 spiro atoms. The number of amides is 3. The van der Waals surface area contributed by atoms with Gasteiger partial charge in [-0.1, -0.05) is 44.4 Å². The van der Waals surface area contributed by atoms with E-state index in [1.165, 1.54) is 11.3 Å². The molecule has 1 saturated carbocycles. The number of carbonyl (C=O) groups excluding carboxylic acids is 3. The highest BCUT2D eigenvalue weighted by Gasteiger charge is 2.40. The van der Waals surface area contributed by atoms with Gasteiger partial charge in [0.15, 0.2) is 0 Å². The molecule has 0 aromatic heterocycles. The zero-order valence-electron chi connectivity index (χ0n) is 23.0. The molecule has 3 amide bonds. The zero-order chi connectivity index (χ0) is 27.0. The summed E-state index contributed by atoms with van der Waals surface area (Å²) in [6.07, 6.45) is 4.94. The van der Waals surface area contributed by atoms with Crippen molar-refractivity contribution < 1.29 is 24.2 Å². The molecule has 3 N–H and O–H groups in total. The Labute approximate surface area is 216 Å². The van der Waals surface area contributed by atoms with Crippen molar-refractivity contribution in [3.63, 3.8) is 0 Å². The van der Waals surface area contributed by atoms with Crippen molar-refractivity contribution in [1.82, 2.24) is 15.5 Å². The SMILES string of the molecule is CCC(C)N(C(=O)C(CO)NC(=O)OC(C)(C)C)C(C(=O)NC1CCCCC1)c1c(C)cccc1C. The third-order valence-corrected chi connectivity index (χ3v) is 6.79. The largest absolute Gasteiger partial charge is 0.444 e. The number of aryl methyl sites for hydroxylation is 2. The summed E-state index contributed by atoms with van der Waals surface area (Å²) in [5.41, 5.74) is 1.82. The third kappa shape index (κ3) is 7.95. The van der Waals surface area contributed by atoms with Crippen LogP contribution in [0.1, 0.15) is 95.9 Å². The predicted octanol–water partition coefficient (Wildman–Crippen LogP) is 4.31. The van der Waals surface area contributed by atoms with E-state index in [9.17, 15) is 19.5 Å². The molecule has 0 bridgehead atoms. The minimum absolute atomic E-state index is 0.0699. The maximum Gasteiger partial charge on any atom is 0.408 e. The molecule has 1 aromatic carbocycles. The fourth-order valence-electron chi connectivity index (χ4n) is 4.79. The summed E-state index contributed by atoms with van der Waals surface area (Å²) in [5, 5.41) is 15.8. The van der Waals surface area contributed by atoms with E-state index >= 15 is 0 Å². The van der Waals surface area contributed by atoms with Gasteiger partial charge in [0.25, 0.3) is 0 Å². The molecular weight excluding hydrogens is 458 g/mol. The van der Waals surface area contributed by atoms with Crippen LogP contribution in [-0.2, 0) is 14.3 Å². The summed E-state index contributed by atoms with van der Waals surface area (Å²) in [5.74, 6) is -0.758. The Kier molecular flexibility index (Phi) is 10.8. The van der Waals surface area contributed by atoms with Crippen LogP contribution in [0.25, 0.3) is 0 Å². The molecule has 0 saturated heterocycles. The second kappa shape index (κ2) is 13.1. The molecule has 0 aliphatic heterocycles. The molecule has 2 rings (SSSR count). The standard InChI is InChI=1S/C28H45N3O5/c1-8-20(4)31(26(34)22(17-32)30-27(35)36-28(5,6)7)24(23-18(2)13-12-14-19(23)3)25(33)29-21-15-10-9-11-16-21/h12-14,20-22,24,32H,8-11,15-17H2,1-7H3,(H,29,33)(H,30,35). The van der Waals surface area contributed by atoms with Gasteiger partial charge in [0.05, 0.1) is 6.61 Å². The van der Waals surface area contributed by atoms with Crippen LogP contribution in [0.5, 0.6) is 0 Å². The molecule has 8 heteroatoms.